The summed E-state index contributed by atoms with van der Waals surface area (Å²) in [4.78, 5) is 48.4. The predicted octanol–water partition coefficient (Wildman–Crippen LogP) is 5.10. The summed E-state index contributed by atoms with van der Waals surface area (Å²) in [6, 6.07) is 3.35. The van der Waals surface area contributed by atoms with Crippen LogP contribution in [-0.4, -0.2) is 56.2 Å². The van der Waals surface area contributed by atoms with E-state index in [0.717, 1.165) is 25.7 Å². The zero-order valence-corrected chi connectivity index (χ0v) is 23.7. The molecular weight excluding hydrogens is 510 g/mol. The Kier molecular flexibility index (Phi) is 16.3. The Labute approximate surface area is 230 Å². The van der Waals surface area contributed by atoms with Crippen molar-refractivity contribution in [3.05, 3.63) is 23.8 Å². The van der Waals surface area contributed by atoms with Gasteiger partial charge in [0.1, 0.15) is 18.8 Å². The number of carbonyl (C=O) groups is 4. The van der Waals surface area contributed by atoms with E-state index in [1.54, 1.807) is 26.8 Å². The van der Waals surface area contributed by atoms with Crippen LogP contribution in [0.15, 0.2) is 18.2 Å². The zero-order valence-electron chi connectivity index (χ0n) is 23.7. The molecular formula is C28H43NO10. The molecule has 2 N–H and O–H groups in total. The van der Waals surface area contributed by atoms with Crippen LogP contribution >= 0.6 is 0 Å². The highest BCUT2D eigenvalue weighted by molar-refractivity contribution is 5.76. The van der Waals surface area contributed by atoms with E-state index >= 15 is 0 Å². The molecule has 0 aliphatic heterocycles. The quantitative estimate of drug-likeness (QED) is 0.119. The smallest absolute Gasteiger partial charge is 0.461 e. The normalized spacial score (nSPS) is 12.3. The lowest BCUT2D eigenvalue weighted by Crippen LogP contribution is -2.36. The van der Waals surface area contributed by atoms with Gasteiger partial charge in [0.15, 0.2) is 11.5 Å². The highest BCUT2D eigenvalue weighted by atomic mass is 16.7. The summed E-state index contributed by atoms with van der Waals surface area (Å²) < 4.78 is 31.0. The number of benzene rings is 1. The Morgan fingerprint density at radius 3 is 1.87 bits per heavy atom. The summed E-state index contributed by atoms with van der Waals surface area (Å²) >= 11 is 0. The Bertz CT molecular complexity index is 918. The predicted molar refractivity (Wildman–Crippen MR) is 142 cm³/mol. The molecule has 0 saturated heterocycles. The fourth-order valence-corrected chi connectivity index (χ4v) is 3.11. The van der Waals surface area contributed by atoms with Gasteiger partial charge in [0, 0.05) is 0 Å². The van der Waals surface area contributed by atoms with Crippen molar-refractivity contribution in [1.29, 1.82) is 0 Å². The van der Waals surface area contributed by atoms with Gasteiger partial charge in [0.25, 0.3) is 0 Å². The van der Waals surface area contributed by atoms with Gasteiger partial charge in [-0.2, -0.15) is 0 Å². The van der Waals surface area contributed by atoms with Crippen molar-refractivity contribution in [2.24, 2.45) is 11.7 Å². The van der Waals surface area contributed by atoms with Gasteiger partial charge in [-0.25, -0.2) is 9.59 Å². The first kappa shape index (κ1) is 33.7. The van der Waals surface area contributed by atoms with Crippen LogP contribution in [0.3, 0.4) is 0 Å². The van der Waals surface area contributed by atoms with Crippen molar-refractivity contribution in [3.63, 3.8) is 0 Å². The molecule has 0 bridgehead atoms. The minimum Gasteiger partial charge on any atom is -0.461 e. The van der Waals surface area contributed by atoms with Crippen molar-refractivity contribution in [2.75, 3.05) is 19.8 Å². The molecule has 0 fully saturated rings. The summed E-state index contributed by atoms with van der Waals surface area (Å²) in [7, 11) is 0. The number of esters is 2. The maximum Gasteiger partial charge on any atom is 0.513 e. The van der Waals surface area contributed by atoms with E-state index in [2.05, 4.69) is 0 Å². The van der Waals surface area contributed by atoms with Gasteiger partial charge in [-0.1, -0.05) is 59.4 Å². The van der Waals surface area contributed by atoms with Crippen LogP contribution in [0.25, 0.3) is 0 Å². The van der Waals surface area contributed by atoms with Crippen molar-refractivity contribution < 1.29 is 47.6 Å². The van der Waals surface area contributed by atoms with Crippen molar-refractivity contribution in [3.8, 4) is 11.5 Å². The summed E-state index contributed by atoms with van der Waals surface area (Å²) in [5.74, 6) is -1.54. The third kappa shape index (κ3) is 14.4. The van der Waals surface area contributed by atoms with Crippen LogP contribution in [-0.2, 0) is 35.0 Å². The largest absolute Gasteiger partial charge is 0.513 e. The van der Waals surface area contributed by atoms with Crippen LogP contribution in [0, 0.1) is 5.92 Å². The Morgan fingerprint density at radius 1 is 0.769 bits per heavy atom. The molecule has 0 aliphatic rings. The van der Waals surface area contributed by atoms with Gasteiger partial charge >= 0.3 is 24.2 Å². The molecule has 11 heteroatoms. The topological polar surface area (TPSA) is 150 Å². The molecule has 0 heterocycles. The Morgan fingerprint density at radius 2 is 1.33 bits per heavy atom. The minimum absolute atomic E-state index is 0.0304. The van der Waals surface area contributed by atoms with Gasteiger partial charge < -0.3 is 34.2 Å². The molecule has 0 radical (unpaired) electrons. The highest BCUT2D eigenvalue weighted by Gasteiger charge is 2.22. The summed E-state index contributed by atoms with van der Waals surface area (Å²) in [6.45, 7) is 9.31. The number of hydrogen-bond acceptors (Lipinski definition) is 11. The summed E-state index contributed by atoms with van der Waals surface area (Å²) in [6.07, 6.45) is 2.63. The fourth-order valence-electron chi connectivity index (χ4n) is 3.11. The van der Waals surface area contributed by atoms with Gasteiger partial charge in [-0.3, -0.25) is 9.59 Å². The average molecular weight is 554 g/mol. The molecule has 0 aromatic heterocycles. The van der Waals surface area contributed by atoms with Gasteiger partial charge in [-0.15, -0.1) is 0 Å². The molecule has 1 rings (SSSR count). The highest BCUT2D eigenvalue weighted by Crippen LogP contribution is 2.30. The van der Waals surface area contributed by atoms with Gasteiger partial charge in [0.05, 0.1) is 19.1 Å². The maximum atomic E-state index is 12.4. The van der Waals surface area contributed by atoms with Gasteiger partial charge in [-0.05, 0) is 43.9 Å². The zero-order chi connectivity index (χ0) is 29.2. The van der Waals surface area contributed by atoms with Crippen LogP contribution in [0.1, 0.15) is 78.7 Å². The second kappa shape index (κ2) is 18.8. The molecule has 1 aromatic rings. The number of nitrogens with two attached hydrogens (primary N) is 1. The fraction of sp³-hybridized carbons (Fsp3) is 0.643. The molecule has 2 atom stereocenters. The second-order valence-corrected chi connectivity index (χ2v) is 9.44. The number of carbonyl (C=O) groups excluding carboxylic acids is 4. The van der Waals surface area contributed by atoms with Crippen LogP contribution in [0.5, 0.6) is 11.5 Å². The molecule has 0 spiro atoms. The summed E-state index contributed by atoms with van der Waals surface area (Å²) in [5, 5.41) is 0. The van der Waals surface area contributed by atoms with E-state index in [-0.39, 0.29) is 43.7 Å². The third-order valence-electron chi connectivity index (χ3n) is 5.34. The van der Waals surface area contributed by atoms with Crippen LogP contribution in [0.2, 0.25) is 0 Å². The first-order chi connectivity index (χ1) is 18.6. The lowest BCUT2D eigenvalue weighted by molar-refractivity contribution is -0.161. The second-order valence-electron chi connectivity index (χ2n) is 9.44. The molecule has 11 nitrogen and oxygen atoms in total. The maximum absolute atomic E-state index is 12.4. The first-order valence-electron chi connectivity index (χ1n) is 13.5. The first-order valence-corrected chi connectivity index (χ1v) is 13.5. The Balaban J connectivity index is 2.84. The van der Waals surface area contributed by atoms with Crippen LogP contribution < -0.4 is 15.2 Å². The average Bonchev–Trinajstić information content (AvgIpc) is 2.89. The molecule has 0 unspecified atom stereocenters. The third-order valence-corrected chi connectivity index (χ3v) is 5.34. The van der Waals surface area contributed by atoms with E-state index in [1.165, 1.54) is 12.1 Å². The number of unbranched alkanes of at least 4 members (excludes halogenated alkanes) is 4. The Hall–Kier alpha value is -3.34. The number of rotatable bonds is 17. The molecule has 0 aliphatic carbocycles. The molecule has 1 aromatic carbocycles. The van der Waals surface area contributed by atoms with E-state index < -0.39 is 36.4 Å². The monoisotopic (exact) mass is 553 g/mol. The number of hydrogen-bond donors (Lipinski definition) is 1. The lowest BCUT2D eigenvalue weighted by atomic mass is 10.1. The summed E-state index contributed by atoms with van der Waals surface area (Å²) in [5.41, 5.74) is 6.52. The van der Waals surface area contributed by atoms with Crippen molar-refractivity contribution in [1.82, 2.24) is 0 Å². The standard InChI is InChI=1S/C28H43NO10/c1-6-8-10-14-34-27(32)38-23-13-12-21(17-24(23)39-28(33)35-15-11-9-7-2)16-22(29)26(31)36-18-20(5)37-25(30)19(3)4/h12-13,17,19-20,22H,6-11,14-16,18,29H2,1-5H3/t20-,22-/m0/s1. The molecule has 0 amide bonds. The van der Waals surface area contributed by atoms with Gasteiger partial charge in [0.2, 0.25) is 0 Å². The van der Waals surface area contributed by atoms with Crippen molar-refractivity contribution >= 4 is 24.2 Å². The van der Waals surface area contributed by atoms with Crippen LogP contribution in [0.4, 0.5) is 9.59 Å². The van der Waals surface area contributed by atoms with E-state index in [0.29, 0.717) is 18.4 Å². The number of ether oxygens (including phenoxy) is 6. The molecule has 39 heavy (non-hydrogen) atoms. The van der Waals surface area contributed by atoms with E-state index in [9.17, 15) is 19.2 Å². The van der Waals surface area contributed by atoms with E-state index in [1.807, 2.05) is 13.8 Å². The minimum atomic E-state index is -1.05. The SMILES string of the molecule is CCCCCOC(=O)Oc1ccc(C[C@H](N)C(=O)OC[C@H](C)OC(=O)C(C)C)cc1OC(=O)OCCCCC. The van der Waals surface area contributed by atoms with Crippen molar-refractivity contribution in [2.45, 2.75) is 91.7 Å². The van der Waals surface area contributed by atoms with E-state index in [4.69, 9.17) is 34.2 Å². The molecule has 0 saturated carbocycles. The molecule has 220 valence electrons. The lowest BCUT2D eigenvalue weighted by Gasteiger charge is -2.17.